The van der Waals surface area contributed by atoms with E-state index in [0.717, 1.165) is 0 Å². The molecule has 0 radical (unpaired) electrons. The van der Waals surface area contributed by atoms with E-state index in [-0.39, 0.29) is 28.3 Å². The van der Waals surface area contributed by atoms with Gasteiger partial charge in [0.05, 0.1) is 11.3 Å². The van der Waals surface area contributed by atoms with Crippen LogP contribution in [0.4, 0.5) is 14.5 Å². The summed E-state index contributed by atoms with van der Waals surface area (Å²) in [5.41, 5.74) is -0.0470. The largest absolute Gasteiger partial charge is 0.457 e. The van der Waals surface area contributed by atoms with Gasteiger partial charge in [-0.25, -0.2) is 8.78 Å². The maximum atomic E-state index is 13.8. The molecule has 0 aliphatic heterocycles. The van der Waals surface area contributed by atoms with Gasteiger partial charge in [0.15, 0.2) is 0 Å². The molecule has 0 saturated carbocycles. The number of para-hydroxylation sites is 1. The van der Waals surface area contributed by atoms with Gasteiger partial charge in [0.25, 0.3) is 5.91 Å². The highest BCUT2D eigenvalue weighted by atomic mass is 19.1. The first kappa shape index (κ1) is 17.1. The molecular formula is C20H12F2N2O2. The van der Waals surface area contributed by atoms with Crippen molar-refractivity contribution in [2.45, 2.75) is 0 Å². The summed E-state index contributed by atoms with van der Waals surface area (Å²) in [6.45, 7) is 0. The summed E-state index contributed by atoms with van der Waals surface area (Å²) in [5, 5.41) is 11.5. The standard InChI is InChI=1S/C20H12F2N2O2/c21-16-6-2-1-5-15(16)19-10-9-14(26-19)11-13(12-23)20(25)24-18-8-4-3-7-17(18)22/h1-11H,(H,24,25). The molecule has 1 N–H and O–H groups in total. The monoisotopic (exact) mass is 350 g/mol. The van der Waals surface area contributed by atoms with Gasteiger partial charge < -0.3 is 9.73 Å². The van der Waals surface area contributed by atoms with Crippen LogP contribution in [0.2, 0.25) is 0 Å². The minimum Gasteiger partial charge on any atom is -0.457 e. The molecule has 2 aromatic carbocycles. The number of hydrogen-bond acceptors (Lipinski definition) is 3. The Bertz CT molecular complexity index is 1030. The van der Waals surface area contributed by atoms with Crippen molar-refractivity contribution in [3.63, 3.8) is 0 Å². The number of benzene rings is 2. The summed E-state index contributed by atoms with van der Waals surface area (Å²) in [6, 6.07) is 16.5. The van der Waals surface area contributed by atoms with Gasteiger partial charge in [-0.2, -0.15) is 5.26 Å². The Morgan fingerprint density at radius 3 is 2.38 bits per heavy atom. The molecule has 6 heteroatoms. The Kier molecular flexibility index (Phi) is 4.90. The Morgan fingerprint density at radius 2 is 1.69 bits per heavy atom. The van der Waals surface area contributed by atoms with E-state index in [0.29, 0.717) is 0 Å². The zero-order valence-electron chi connectivity index (χ0n) is 13.4. The Balaban J connectivity index is 1.84. The lowest BCUT2D eigenvalue weighted by atomic mass is 10.1. The summed E-state index contributed by atoms with van der Waals surface area (Å²) in [4.78, 5) is 12.2. The van der Waals surface area contributed by atoms with Crippen molar-refractivity contribution < 1.29 is 18.0 Å². The third-order valence-electron chi connectivity index (χ3n) is 3.54. The Hall–Kier alpha value is -3.72. The summed E-state index contributed by atoms with van der Waals surface area (Å²) in [7, 11) is 0. The fourth-order valence-electron chi connectivity index (χ4n) is 2.28. The van der Waals surface area contributed by atoms with Crippen molar-refractivity contribution in [3.05, 3.63) is 83.6 Å². The smallest absolute Gasteiger partial charge is 0.266 e. The first-order chi connectivity index (χ1) is 12.6. The van der Waals surface area contributed by atoms with Crippen LogP contribution < -0.4 is 5.32 Å². The molecule has 0 spiro atoms. The molecule has 0 aliphatic carbocycles. The predicted octanol–water partition coefficient (Wildman–Crippen LogP) is 4.77. The summed E-state index contributed by atoms with van der Waals surface area (Å²) < 4.78 is 32.9. The number of anilines is 1. The Morgan fingerprint density at radius 1 is 1.00 bits per heavy atom. The predicted molar refractivity (Wildman–Crippen MR) is 92.7 cm³/mol. The van der Waals surface area contributed by atoms with Gasteiger partial charge in [0.2, 0.25) is 0 Å². The van der Waals surface area contributed by atoms with Crippen molar-refractivity contribution in [2.24, 2.45) is 0 Å². The number of rotatable bonds is 4. The van der Waals surface area contributed by atoms with Gasteiger partial charge in [-0.3, -0.25) is 4.79 Å². The lowest BCUT2D eigenvalue weighted by Gasteiger charge is -2.04. The third kappa shape index (κ3) is 3.68. The molecule has 0 saturated heterocycles. The van der Waals surface area contributed by atoms with Crippen molar-refractivity contribution in [1.82, 2.24) is 0 Å². The fraction of sp³-hybridized carbons (Fsp3) is 0. The van der Waals surface area contributed by atoms with E-state index in [1.165, 1.54) is 42.5 Å². The molecule has 3 rings (SSSR count). The van der Waals surface area contributed by atoms with Crippen molar-refractivity contribution in [1.29, 1.82) is 5.26 Å². The van der Waals surface area contributed by atoms with E-state index in [1.807, 2.05) is 0 Å². The van der Waals surface area contributed by atoms with E-state index in [4.69, 9.17) is 4.42 Å². The molecule has 0 unspecified atom stereocenters. The van der Waals surface area contributed by atoms with Gasteiger partial charge in [-0.1, -0.05) is 24.3 Å². The van der Waals surface area contributed by atoms with Crippen molar-refractivity contribution in [3.8, 4) is 17.4 Å². The highest BCUT2D eigenvalue weighted by Crippen LogP contribution is 2.26. The van der Waals surface area contributed by atoms with Crippen LogP contribution in [0.3, 0.4) is 0 Å². The minimum absolute atomic E-state index is 0.0369. The number of hydrogen-bond donors (Lipinski definition) is 1. The lowest BCUT2D eigenvalue weighted by molar-refractivity contribution is -0.112. The summed E-state index contributed by atoms with van der Waals surface area (Å²) >= 11 is 0. The van der Waals surface area contributed by atoms with Crippen LogP contribution in [-0.4, -0.2) is 5.91 Å². The molecule has 0 aliphatic rings. The van der Waals surface area contributed by atoms with E-state index in [9.17, 15) is 18.8 Å². The first-order valence-corrected chi connectivity index (χ1v) is 7.61. The topological polar surface area (TPSA) is 66.0 Å². The van der Waals surface area contributed by atoms with E-state index < -0.39 is 17.5 Å². The second-order valence-corrected chi connectivity index (χ2v) is 5.29. The zero-order valence-corrected chi connectivity index (χ0v) is 13.4. The van der Waals surface area contributed by atoms with Crippen LogP contribution in [0, 0.1) is 23.0 Å². The van der Waals surface area contributed by atoms with E-state index in [2.05, 4.69) is 5.32 Å². The number of carbonyl (C=O) groups is 1. The molecule has 0 bridgehead atoms. The highest BCUT2D eigenvalue weighted by Gasteiger charge is 2.14. The average Bonchev–Trinajstić information content (AvgIpc) is 3.10. The maximum Gasteiger partial charge on any atom is 0.266 e. The molecule has 128 valence electrons. The molecule has 26 heavy (non-hydrogen) atoms. The van der Waals surface area contributed by atoms with Gasteiger partial charge >= 0.3 is 0 Å². The van der Waals surface area contributed by atoms with Crippen LogP contribution in [-0.2, 0) is 4.79 Å². The van der Waals surface area contributed by atoms with Crippen LogP contribution in [0.5, 0.6) is 0 Å². The summed E-state index contributed by atoms with van der Waals surface area (Å²) in [6.07, 6.45) is 1.21. The second-order valence-electron chi connectivity index (χ2n) is 5.29. The number of carbonyl (C=O) groups excluding carboxylic acids is 1. The van der Waals surface area contributed by atoms with Crippen LogP contribution in [0.15, 0.2) is 70.7 Å². The molecule has 0 fully saturated rings. The van der Waals surface area contributed by atoms with E-state index >= 15 is 0 Å². The fourth-order valence-corrected chi connectivity index (χ4v) is 2.28. The van der Waals surface area contributed by atoms with Gasteiger partial charge in [-0.05, 0) is 36.4 Å². The SMILES string of the molecule is N#CC(=Cc1ccc(-c2ccccc2F)o1)C(=O)Nc1ccccc1F. The summed E-state index contributed by atoms with van der Waals surface area (Å²) in [5.74, 6) is -1.38. The van der Waals surface area contributed by atoms with Crippen molar-refractivity contribution in [2.75, 3.05) is 5.32 Å². The third-order valence-corrected chi connectivity index (χ3v) is 3.54. The number of halogens is 2. The molecule has 1 aromatic heterocycles. The normalized spacial score (nSPS) is 11.0. The van der Waals surface area contributed by atoms with E-state index in [1.54, 1.807) is 30.3 Å². The first-order valence-electron chi connectivity index (χ1n) is 7.61. The van der Waals surface area contributed by atoms with Crippen LogP contribution in [0.1, 0.15) is 5.76 Å². The highest BCUT2D eigenvalue weighted by molar-refractivity contribution is 6.09. The number of nitrogens with zero attached hydrogens (tertiary/aromatic N) is 1. The minimum atomic E-state index is -0.776. The molecule has 4 nitrogen and oxygen atoms in total. The molecule has 1 heterocycles. The molecular weight excluding hydrogens is 338 g/mol. The van der Waals surface area contributed by atoms with Gasteiger partial charge in [0, 0.05) is 6.08 Å². The number of nitrogens with one attached hydrogen (secondary N) is 1. The maximum absolute atomic E-state index is 13.8. The van der Waals surface area contributed by atoms with Crippen LogP contribution in [0.25, 0.3) is 17.4 Å². The molecule has 3 aromatic rings. The van der Waals surface area contributed by atoms with Crippen LogP contribution >= 0.6 is 0 Å². The number of furan rings is 1. The average molecular weight is 350 g/mol. The van der Waals surface area contributed by atoms with Gasteiger partial charge in [0.1, 0.15) is 34.8 Å². The lowest BCUT2D eigenvalue weighted by Crippen LogP contribution is -2.14. The zero-order chi connectivity index (χ0) is 18.5. The molecule has 0 atom stereocenters. The Labute approximate surface area is 148 Å². The van der Waals surface area contributed by atoms with Crippen molar-refractivity contribution >= 4 is 17.7 Å². The second kappa shape index (κ2) is 7.45. The van der Waals surface area contributed by atoms with Gasteiger partial charge in [-0.15, -0.1) is 0 Å². The number of nitriles is 1. The molecule has 1 amide bonds. The number of amides is 1. The quantitative estimate of drug-likeness (QED) is 0.544.